The molecule has 0 fully saturated rings. The van der Waals surface area contributed by atoms with Crippen LogP contribution < -0.4 is 5.73 Å². The number of halogens is 1. The van der Waals surface area contributed by atoms with Crippen LogP contribution in [0.4, 0.5) is 10.2 Å². The van der Waals surface area contributed by atoms with Gasteiger partial charge in [-0.1, -0.05) is 17.3 Å². The van der Waals surface area contributed by atoms with Crippen molar-refractivity contribution in [3.05, 3.63) is 36.1 Å². The van der Waals surface area contributed by atoms with E-state index in [9.17, 15) is 4.39 Å². The number of aromatic nitrogens is 2. The summed E-state index contributed by atoms with van der Waals surface area (Å²) in [7, 11) is 1.78. The highest BCUT2D eigenvalue weighted by Gasteiger charge is 2.14. The van der Waals surface area contributed by atoms with Gasteiger partial charge in [-0.15, -0.1) is 0 Å². The van der Waals surface area contributed by atoms with Gasteiger partial charge < -0.3 is 14.8 Å². The summed E-state index contributed by atoms with van der Waals surface area (Å²) in [5.41, 5.74) is 6.79. The number of anilines is 1. The van der Waals surface area contributed by atoms with E-state index >= 15 is 0 Å². The van der Waals surface area contributed by atoms with Crippen LogP contribution in [0, 0.1) is 5.82 Å². The Morgan fingerprint density at radius 1 is 1.35 bits per heavy atom. The van der Waals surface area contributed by atoms with Gasteiger partial charge in [0.15, 0.2) is 11.6 Å². The highest BCUT2D eigenvalue weighted by Crippen LogP contribution is 2.29. The number of nitrogens with zero attached hydrogens (tertiary/aromatic N) is 2. The zero-order valence-electron chi connectivity index (χ0n) is 9.14. The van der Waals surface area contributed by atoms with Crippen molar-refractivity contribution in [1.29, 1.82) is 0 Å². The lowest BCUT2D eigenvalue weighted by Crippen LogP contribution is -1.92. The molecule has 0 aliphatic carbocycles. The molecule has 0 aliphatic rings. The van der Waals surface area contributed by atoms with E-state index in [1.807, 2.05) is 12.1 Å². The maximum absolute atomic E-state index is 13.7. The molecule has 0 saturated heterocycles. The summed E-state index contributed by atoms with van der Waals surface area (Å²) in [5.74, 6) is 0.579. The first-order valence-electron chi connectivity index (χ1n) is 5.13. The van der Waals surface area contributed by atoms with Crippen molar-refractivity contribution in [2.45, 2.75) is 0 Å². The van der Waals surface area contributed by atoms with E-state index in [1.54, 1.807) is 23.7 Å². The summed E-state index contributed by atoms with van der Waals surface area (Å²) >= 11 is 0. The summed E-state index contributed by atoms with van der Waals surface area (Å²) < 4.78 is 20.5. The second-order valence-corrected chi connectivity index (χ2v) is 3.88. The number of para-hydroxylation sites is 1. The molecule has 2 heterocycles. The van der Waals surface area contributed by atoms with E-state index in [0.29, 0.717) is 17.1 Å². The number of hydrogen-bond donors (Lipinski definition) is 1. The van der Waals surface area contributed by atoms with Gasteiger partial charge in [0.25, 0.3) is 0 Å². The van der Waals surface area contributed by atoms with Crippen molar-refractivity contribution >= 4 is 16.7 Å². The van der Waals surface area contributed by atoms with Crippen molar-refractivity contribution < 1.29 is 8.91 Å². The number of hydrogen-bond acceptors (Lipinski definition) is 3. The molecule has 86 valence electrons. The van der Waals surface area contributed by atoms with E-state index in [1.165, 1.54) is 6.07 Å². The fourth-order valence-electron chi connectivity index (χ4n) is 2.01. The Kier molecular flexibility index (Phi) is 1.95. The van der Waals surface area contributed by atoms with E-state index < -0.39 is 0 Å². The van der Waals surface area contributed by atoms with Gasteiger partial charge in [-0.05, 0) is 12.1 Å². The number of aryl methyl sites for hydroxylation is 1. The summed E-state index contributed by atoms with van der Waals surface area (Å²) in [6.45, 7) is 0. The van der Waals surface area contributed by atoms with Crippen molar-refractivity contribution in [1.82, 2.24) is 9.72 Å². The third-order valence-corrected chi connectivity index (χ3v) is 2.79. The number of fused-ring (bicyclic) bond motifs is 1. The van der Waals surface area contributed by atoms with Crippen LogP contribution in [0.25, 0.3) is 22.4 Å². The largest absolute Gasteiger partial charge is 0.381 e. The molecule has 0 bridgehead atoms. The molecule has 0 saturated carbocycles. The van der Waals surface area contributed by atoms with E-state index in [-0.39, 0.29) is 5.82 Å². The Bertz CT molecular complexity index is 699. The zero-order valence-corrected chi connectivity index (χ0v) is 9.14. The number of rotatable bonds is 1. The molecule has 5 heteroatoms. The average molecular weight is 231 g/mol. The Morgan fingerprint density at radius 3 is 2.82 bits per heavy atom. The van der Waals surface area contributed by atoms with Crippen LogP contribution in [0.5, 0.6) is 0 Å². The summed E-state index contributed by atoms with van der Waals surface area (Å²) in [6.07, 6.45) is 0. The first-order valence-corrected chi connectivity index (χ1v) is 5.13. The third kappa shape index (κ3) is 1.39. The quantitative estimate of drug-likeness (QED) is 0.700. The Morgan fingerprint density at radius 2 is 2.18 bits per heavy atom. The van der Waals surface area contributed by atoms with Crippen molar-refractivity contribution in [2.24, 2.45) is 7.05 Å². The fourth-order valence-corrected chi connectivity index (χ4v) is 2.01. The molecule has 17 heavy (non-hydrogen) atoms. The Balaban J connectivity index is 2.32. The predicted molar refractivity (Wildman–Crippen MR) is 62.8 cm³/mol. The first kappa shape index (κ1) is 9.89. The van der Waals surface area contributed by atoms with Crippen LogP contribution in [-0.4, -0.2) is 9.72 Å². The lowest BCUT2D eigenvalue weighted by atomic mass is 10.2. The van der Waals surface area contributed by atoms with Crippen LogP contribution in [0.2, 0.25) is 0 Å². The average Bonchev–Trinajstić information content (AvgIpc) is 2.84. The normalized spacial score (nSPS) is 11.2. The van der Waals surface area contributed by atoms with Crippen molar-refractivity contribution in [2.75, 3.05) is 5.73 Å². The van der Waals surface area contributed by atoms with Crippen LogP contribution in [0.15, 0.2) is 34.9 Å². The molecule has 2 N–H and O–H groups in total. The molecule has 0 spiro atoms. The number of nitrogen functional groups attached to an aromatic ring is 1. The van der Waals surface area contributed by atoms with Crippen molar-refractivity contribution in [3.63, 3.8) is 0 Å². The fraction of sp³-hybridized carbons (Fsp3) is 0.0833. The molecule has 0 atom stereocenters. The maximum Gasteiger partial charge on any atom is 0.185 e. The van der Waals surface area contributed by atoms with E-state index in [2.05, 4.69) is 5.16 Å². The monoisotopic (exact) mass is 231 g/mol. The molecule has 0 unspecified atom stereocenters. The topological polar surface area (TPSA) is 57.0 Å². The van der Waals surface area contributed by atoms with Gasteiger partial charge in [0, 0.05) is 18.5 Å². The lowest BCUT2D eigenvalue weighted by molar-refractivity contribution is 0.433. The van der Waals surface area contributed by atoms with Crippen LogP contribution in [0.1, 0.15) is 0 Å². The zero-order chi connectivity index (χ0) is 12.0. The van der Waals surface area contributed by atoms with Gasteiger partial charge in [-0.3, -0.25) is 0 Å². The molecular formula is C12H10FN3O. The predicted octanol–water partition coefficient (Wildman–Crippen LogP) is 2.55. The minimum Gasteiger partial charge on any atom is -0.381 e. The Labute approximate surface area is 96.4 Å². The van der Waals surface area contributed by atoms with Crippen LogP contribution in [-0.2, 0) is 7.05 Å². The smallest absolute Gasteiger partial charge is 0.185 e. The minimum absolute atomic E-state index is 0.260. The number of nitrogens with two attached hydrogens (primary N) is 1. The lowest BCUT2D eigenvalue weighted by Gasteiger charge is -2.00. The second kappa shape index (κ2) is 3.35. The van der Waals surface area contributed by atoms with E-state index in [0.717, 1.165) is 11.1 Å². The van der Waals surface area contributed by atoms with Gasteiger partial charge in [0.1, 0.15) is 5.82 Å². The van der Waals surface area contributed by atoms with Gasteiger partial charge in [0.05, 0.1) is 11.2 Å². The molecule has 3 aromatic rings. The summed E-state index contributed by atoms with van der Waals surface area (Å²) in [5, 5.41) is 4.44. The van der Waals surface area contributed by atoms with Gasteiger partial charge in [-0.2, -0.15) is 0 Å². The second-order valence-electron chi connectivity index (χ2n) is 3.88. The van der Waals surface area contributed by atoms with Crippen LogP contribution >= 0.6 is 0 Å². The molecular weight excluding hydrogens is 221 g/mol. The van der Waals surface area contributed by atoms with Gasteiger partial charge >= 0.3 is 0 Å². The third-order valence-electron chi connectivity index (χ3n) is 2.79. The molecule has 0 radical (unpaired) electrons. The van der Waals surface area contributed by atoms with Crippen molar-refractivity contribution in [3.8, 4) is 11.5 Å². The standard InChI is InChI=1S/C12H10FN3O/c1-16-9(10-6-11(14)15-17-10)5-7-3-2-4-8(13)12(7)16/h2-6H,1H3,(H2,14,15). The highest BCUT2D eigenvalue weighted by molar-refractivity contribution is 5.86. The molecule has 0 aliphatic heterocycles. The van der Waals surface area contributed by atoms with Gasteiger partial charge in [-0.25, -0.2) is 4.39 Å². The summed E-state index contributed by atoms with van der Waals surface area (Å²) in [4.78, 5) is 0. The van der Waals surface area contributed by atoms with E-state index in [4.69, 9.17) is 10.3 Å². The molecule has 3 rings (SSSR count). The molecule has 1 aromatic carbocycles. The maximum atomic E-state index is 13.7. The SMILES string of the molecule is Cn1c(-c2cc(N)no2)cc2cccc(F)c21. The highest BCUT2D eigenvalue weighted by atomic mass is 19.1. The molecule has 4 nitrogen and oxygen atoms in total. The molecule has 2 aromatic heterocycles. The van der Waals surface area contributed by atoms with Crippen LogP contribution in [0.3, 0.4) is 0 Å². The minimum atomic E-state index is -0.260. The number of benzene rings is 1. The van der Waals surface area contributed by atoms with Gasteiger partial charge in [0.2, 0.25) is 0 Å². The summed E-state index contributed by atoms with van der Waals surface area (Å²) in [6, 6.07) is 8.42. The Hall–Kier alpha value is -2.30. The first-order chi connectivity index (χ1) is 8.16. The molecule has 0 amide bonds.